The maximum atomic E-state index is 9.77. The highest BCUT2D eigenvalue weighted by atomic mass is 16.3. The van der Waals surface area contributed by atoms with Crippen molar-refractivity contribution in [2.45, 2.75) is 44.4 Å². The van der Waals surface area contributed by atoms with Gasteiger partial charge in [0, 0.05) is 25.0 Å². The molecule has 1 heterocycles. The molecule has 2 atom stereocenters. The third kappa shape index (κ3) is 3.01. The van der Waals surface area contributed by atoms with Crippen LogP contribution in [0.3, 0.4) is 0 Å². The molecule has 0 aromatic carbocycles. The van der Waals surface area contributed by atoms with E-state index in [1.54, 1.807) is 6.20 Å². The second kappa shape index (κ2) is 5.24. The van der Waals surface area contributed by atoms with Gasteiger partial charge in [0.25, 0.3) is 0 Å². The molecule has 1 aromatic heterocycles. The predicted molar refractivity (Wildman–Crippen MR) is 59.3 cm³/mol. The molecule has 1 aromatic rings. The molecule has 0 radical (unpaired) electrons. The molecule has 2 rings (SSSR count). The lowest BCUT2D eigenvalue weighted by Gasteiger charge is -2.28. The highest BCUT2D eigenvalue weighted by Gasteiger charge is 2.21. The Kier molecular flexibility index (Phi) is 3.69. The van der Waals surface area contributed by atoms with Crippen LogP contribution in [0.15, 0.2) is 24.5 Å². The average molecular weight is 206 g/mol. The highest BCUT2D eigenvalue weighted by molar-refractivity contribution is 5.08. The molecule has 15 heavy (non-hydrogen) atoms. The molecule has 3 heteroatoms. The zero-order valence-corrected chi connectivity index (χ0v) is 8.89. The molecule has 0 amide bonds. The standard InChI is InChI=1S/C12H18N2O/c15-12-6-2-1-5-11(12)14-9-10-4-3-7-13-8-10/h3-4,7-8,11-12,14-15H,1-2,5-6,9H2/t11-,12+/m1/s1. The van der Waals surface area contributed by atoms with Gasteiger partial charge in [-0.3, -0.25) is 4.98 Å². The first-order chi connectivity index (χ1) is 7.36. The van der Waals surface area contributed by atoms with Gasteiger partial charge in [-0.2, -0.15) is 0 Å². The largest absolute Gasteiger partial charge is 0.392 e. The van der Waals surface area contributed by atoms with E-state index in [0.717, 1.165) is 25.8 Å². The summed E-state index contributed by atoms with van der Waals surface area (Å²) in [7, 11) is 0. The van der Waals surface area contributed by atoms with Crippen LogP contribution in [-0.4, -0.2) is 22.2 Å². The van der Waals surface area contributed by atoms with Gasteiger partial charge in [0.05, 0.1) is 6.10 Å². The number of hydrogen-bond acceptors (Lipinski definition) is 3. The number of nitrogens with one attached hydrogen (secondary N) is 1. The minimum atomic E-state index is -0.171. The molecule has 1 aliphatic rings. The van der Waals surface area contributed by atoms with Crippen molar-refractivity contribution in [1.82, 2.24) is 10.3 Å². The molecule has 82 valence electrons. The Morgan fingerprint density at radius 3 is 3.00 bits per heavy atom. The lowest BCUT2D eigenvalue weighted by molar-refractivity contribution is 0.0902. The van der Waals surface area contributed by atoms with Crippen LogP contribution in [0.4, 0.5) is 0 Å². The molecule has 1 fully saturated rings. The predicted octanol–water partition coefficient (Wildman–Crippen LogP) is 1.47. The average Bonchev–Trinajstić information content (AvgIpc) is 2.29. The van der Waals surface area contributed by atoms with E-state index in [9.17, 15) is 5.11 Å². The Labute approximate surface area is 90.5 Å². The summed E-state index contributed by atoms with van der Waals surface area (Å²) >= 11 is 0. The van der Waals surface area contributed by atoms with E-state index in [1.807, 2.05) is 12.3 Å². The second-order valence-electron chi connectivity index (χ2n) is 4.20. The lowest BCUT2D eigenvalue weighted by Crippen LogP contribution is -2.41. The van der Waals surface area contributed by atoms with Crippen molar-refractivity contribution in [2.75, 3.05) is 0 Å². The molecular weight excluding hydrogens is 188 g/mol. The van der Waals surface area contributed by atoms with Crippen LogP contribution in [0.25, 0.3) is 0 Å². The highest BCUT2D eigenvalue weighted by Crippen LogP contribution is 2.18. The van der Waals surface area contributed by atoms with Gasteiger partial charge in [-0.25, -0.2) is 0 Å². The van der Waals surface area contributed by atoms with Gasteiger partial charge in [-0.05, 0) is 24.5 Å². The number of aliphatic hydroxyl groups excluding tert-OH is 1. The van der Waals surface area contributed by atoms with Crippen LogP contribution >= 0.6 is 0 Å². The Morgan fingerprint density at radius 2 is 2.27 bits per heavy atom. The molecule has 1 aliphatic carbocycles. The first-order valence-corrected chi connectivity index (χ1v) is 5.66. The first-order valence-electron chi connectivity index (χ1n) is 5.66. The quantitative estimate of drug-likeness (QED) is 0.787. The monoisotopic (exact) mass is 206 g/mol. The molecule has 1 saturated carbocycles. The number of rotatable bonds is 3. The maximum Gasteiger partial charge on any atom is 0.0693 e. The van der Waals surface area contributed by atoms with E-state index in [0.29, 0.717) is 0 Å². The van der Waals surface area contributed by atoms with Crippen molar-refractivity contribution < 1.29 is 5.11 Å². The summed E-state index contributed by atoms with van der Waals surface area (Å²) in [6.45, 7) is 0.801. The Balaban J connectivity index is 1.82. The van der Waals surface area contributed by atoms with Crippen molar-refractivity contribution in [3.63, 3.8) is 0 Å². The van der Waals surface area contributed by atoms with Gasteiger partial charge in [-0.1, -0.05) is 18.9 Å². The minimum absolute atomic E-state index is 0.171. The van der Waals surface area contributed by atoms with Crippen molar-refractivity contribution >= 4 is 0 Å². The SMILES string of the molecule is O[C@H]1CCCC[C@H]1NCc1cccnc1. The Hall–Kier alpha value is -0.930. The smallest absolute Gasteiger partial charge is 0.0693 e. The minimum Gasteiger partial charge on any atom is -0.392 e. The van der Waals surface area contributed by atoms with Crippen molar-refractivity contribution in [3.8, 4) is 0 Å². The molecule has 2 N–H and O–H groups in total. The first kappa shape index (κ1) is 10.6. The molecule has 3 nitrogen and oxygen atoms in total. The number of pyridine rings is 1. The van der Waals surface area contributed by atoms with E-state index in [2.05, 4.69) is 16.4 Å². The van der Waals surface area contributed by atoms with Gasteiger partial charge in [0.2, 0.25) is 0 Å². The van der Waals surface area contributed by atoms with Gasteiger partial charge in [0.1, 0.15) is 0 Å². The summed E-state index contributed by atoms with van der Waals surface area (Å²) in [5.41, 5.74) is 1.18. The van der Waals surface area contributed by atoms with Crippen LogP contribution in [0, 0.1) is 0 Å². The Morgan fingerprint density at radius 1 is 1.40 bits per heavy atom. The second-order valence-corrected chi connectivity index (χ2v) is 4.20. The van der Waals surface area contributed by atoms with Crippen LogP contribution in [0.5, 0.6) is 0 Å². The summed E-state index contributed by atoms with van der Waals surface area (Å²) < 4.78 is 0. The number of aliphatic hydroxyl groups is 1. The molecule has 0 saturated heterocycles. The number of nitrogens with zero attached hydrogens (tertiary/aromatic N) is 1. The van der Waals surface area contributed by atoms with E-state index in [-0.39, 0.29) is 12.1 Å². The molecule has 0 bridgehead atoms. The summed E-state index contributed by atoms with van der Waals surface area (Å²) in [4.78, 5) is 4.06. The fraction of sp³-hybridized carbons (Fsp3) is 0.583. The summed E-state index contributed by atoms with van der Waals surface area (Å²) in [6.07, 6.45) is 7.87. The molecule has 0 aliphatic heterocycles. The third-order valence-electron chi connectivity index (χ3n) is 3.02. The molecule has 0 spiro atoms. The fourth-order valence-corrected chi connectivity index (χ4v) is 2.10. The number of aromatic nitrogens is 1. The van der Waals surface area contributed by atoms with Crippen LogP contribution in [0.1, 0.15) is 31.2 Å². The van der Waals surface area contributed by atoms with Crippen LogP contribution in [-0.2, 0) is 6.54 Å². The van der Waals surface area contributed by atoms with E-state index < -0.39 is 0 Å². The van der Waals surface area contributed by atoms with Gasteiger partial charge < -0.3 is 10.4 Å². The van der Waals surface area contributed by atoms with Crippen molar-refractivity contribution in [2.24, 2.45) is 0 Å². The summed E-state index contributed by atoms with van der Waals surface area (Å²) in [6, 6.07) is 4.25. The fourth-order valence-electron chi connectivity index (χ4n) is 2.10. The van der Waals surface area contributed by atoms with Crippen molar-refractivity contribution in [1.29, 1.82) is 0 Å². The zero-order chi connectivity index (χ0) is 10.5. The summed E-state index contributed by atoms with van der Waals surface area (Å²) in [5.74, 6) is 0. The van der Waals surface area contributed by atoms with Crippen LogP contribution in [0.2, 0.25) is 0 Å². The van der Waals surface area contributed by atoms with Crippen molar-refractivity contribution in [3.05, 3.63) is 30.1 Å². The topological polar surface area (TPSA) is 45.1 Å². The van der Waals surface area contributed by atoms with Gasteiger partial charge in [0.15, 0.2) is 0 Å². The van der Waals surface area contributed by atoms with Gasteiger partial charge >= 0.3 is 0 Å². The van der Waals surface area contributed by atoms with E-state index in [4.69, 9.17) is 0 Å². The molecule has 0 unspecified atom stereocenters. The normalized spacial score (nSPS) is 26.5. The van der Waals surface area contributed by atoms with Crippen LogP contribution < -0.4 is 5.32 Å². The zero-order valence-electron chi connectivity index (χ0n) is 8.89. The van der Waals surface area contributed by atoms with E-state index in [1.165, 1.54) is 12.0 Å². The number of hydrogen-bond donors (Lipinski definition) is 2. The molecular formula is C12H18N2O. The Bertz CT molecular complexity index is 289. The lowest BCUT2D eigenvalue weighted by atomic mass is 9.92. The van der Waals surface area contributed by atoms with E-state index >= 15 is 0 Å². The third-order valence-corrected chi connectivity index (χ3v) is 3.02. The maximum absolute atomic E-state index is 9.77. The summed E-state index contributed by atoms with van der Waals surface area (Å²) in [5, 5.41) is 13.2. The van der Waals surface area contributed by atoms with Gasteiger partial charge in [-0.15, -0.1) is 0 Å².